The number of nitro groups is 2. The molecule has 1 aliphatic heterocycles. The molecule has 1 aliphatic rings. The van der Waals surface area contributed by atoms with Crippen LogP contribution in [0.5, 0.6) is 0 Å². The molecule has 1 heterocycles. The summed E-state index contributed by atoms with van der Waals surface area (Å²) in [6, 6.07) is 10.1. The van der Waals surface area contributed by atoms with E-state index in [1.165, 1.54) is 48.5 Å². The summed E-state index contributed by atoms with van der Waals surface area (Å²) in [5.41, 5.74) is -1.25. The van der Waals surface area contributed by atoms with Gasteiger partial charge in [-0.3, -0.25) is 25.0 Å². The number of nitro benzene ring substituents is 2. The fourth-order valence-electron chi connectivity index (χ4n) is 2.86. The van der Waals surface area contributed by atoms with Crippen molar-refractivity contribution in [3.05, 3.63) is 79.9 Å². The molecule has 0 unspecified atom stereocenters. The molecule has 0 radical (unpaired) electrons. The fourth-order valence-corrected chi connectivity index (χ4v) is 2.86. The molecule has 2 aromatic carbocycles. The molecule has 27 heavy (non-hydrogen) atoms. The molecule has 0 fully saturated rings. The zero-order chi connectivity index (χ0) is 19.8. The van der Waals surface area contributed by atoms with Crippen LogP contribution in [0.3, 0.4) is 0 Å². The maximum absolute atomic E-state index is 12.8. The van der Waals surface area contributed by atoms with Crippen molar-refractivity contribution < 1.29 is 19.7 Å². The lowest BCUT2D eigenvalue weighted by Gasteiger charge is -2.31. The van der Waals surface area contributed by atoms with Gasteiger partial charge >= 0.3 is 0 Å². The minimum atomic E-state index is -1.81. The number of carbonyl (C=O) groups is 1. The predicted octanol–water partition coefficient (Wildman–Crippen LogP) is 2.57. The molecule has 1 atom stereocenters. The molecule has 138 valence electrons. The highest BCUT2D eigenvalue weighted by Gasteiger charge is 2.45. The number of non-ortho nitro benzene ring substituents is 2. The van der Waals surface area contributed by atoms with Crippen LogP contribution in [0.2, 0.25) is 0 Å². The van der Waals surface area contributed by atoms with Crippen LogP contribution in [0.15, 0.2) is 53.6 Å². The van der Waals surface area contributed by atoms with Gasteiger partial charge in [-0.05, 0) is 31.2 Å². The summed E-state index contributed by atoms with van der Waals surface area (Å²) >= 11 is 0. The number of hydrogen-bond donors (Lipinski definition) is 1. The second kappa shape index (κ2) is 6.57. The van der Waals surface area contributed by atoms with E-state index in [9.17, 15) is 30.1 Å². The minimum Gasteiger partial charge on any atom is -0.365 e. The van der Waals surface area contributed by atoms with Gasteiger partial charge in [-0.15, -0.1) is 0 Å². The maximum Gasteiger partial charge on any atom is 0.276 e. The largest absolute Gasteiger partial charge is 0.365 e. The van der Waals surface area contributed by atoms with Crippen LogP contribution in [0.4, 0.5) is 11.4 Å². The van der Waals surface area contributed by atoms with Crippen LogP contribution in [-0.4, -0.2) is 31.6 Å². The van der Waals surface area contributed by atoms with E-state index in [1.54, 1.807) is 6.92 Å². The molecule has 3 rings (SSSR count). The zero-order valence-electron chi connectivity index (χ0n) is 14.1. The molecule has 0 saturated carbocycles. The fraction of sp³-hybridized carbons (Fsp3) is 0.176. The monoisotopic (exact) mass is 370 g/mol. The molecule has 1 N–H and O–H groups in total. The van der Waals surface area contributed by atoms with Crippen LogP contribution in [-0.2, 0) is 5.72 Å². The quantitative estimate of drug-likeness (QED) is 0.648. The summed E-state index contributed by atoms with van der Waals surface area (Å²) < 4.78 is 0. The van der Waals surface area contributed by atoms with Crippen molar-refractivity contribution in [1.29, 1.82) is 0 Å². The lowest BCUT2D eigenvalue weighted by molar-refractivity contribution is -0.385. The highest BCUT2D eigenvalue weighted by molar-refractivity contribution is 5.98. The summed E-state index contributed by atoms with van der Waals surface area (Å²) in [5.74, 6) is -0.650. The van der Waals surface area contributed by atoms with E-state index in [2.05, 4.69) is 5.10 Å². The summed E-state index contributed by atoms with van der Waals surface area (Å²) in [6.07, 6.45) is 0.0313. The normalized spacial score (nSPS) is 18.9. The van der Waals surface area contributed by atoms with E-state index in [-0.39, 0.29) is 28.9 Å². The first kappa shape index (κ1) is 18.1. The average molecular weight is 370 g/mol. The molecule has 10 heteroatoms. The second-order valence-corrected chi connectivity index (χ2v) is 6.05. The minimum absolute atomic E-state index is 0.0313. The van der Waals surface area contributed by atoms with Gasteiger partial charge in [0.25, 0.3) is 17.3 Å². The van der Waals surface area contributed by atoms with Crippen LogP contribution >= 0.6 is 0 Å². The number of aliphatic hydroxyl groups is 1. The van der Waals surface area contributed by atoms with Crippen molar-refractivity contribution in [3.8, 4) is 0 Å². The predicted molar refractivity (Wildman–Crippen MR) is 94.0 cm³/mol. The number of hydrogen-bond acceptors (Lipinski definition) is 7. The molecule has 1 amide bonds. The number of carbonyl (C=O) groups excluding carboxylic acids is 1. The molecular weight excluding hydrogens is 356 g/mol. The smallest absolute Gasteiger partial charge is 0.276 e. The molecule has 10 nitrogen and oxygen atoms in total. The third-order valence-corrected chi connectivity index (χ3v) is 4.18. The summed E-state index contributed by atoms with van der Waals surface area (Å²) in [6.45, 7) is 1.64. The lowest BCUT2D eigenvalue weighted by Crippen LogP contribution is -2.43. The Morgan fingerprint density at radius 3 is 2.00 bits per heavy atom. The Morgan fingerprint density at radius 1 is 1.04 bits per heavy atom. The number of hydrazone groups is 1. The van der Waals surface area contributed by atoms with Crippen molar-refractivity contribution >= 4 is 23.0 Å². The molecule has 0 saturated heterocycles. The summed E-state index contributed by atoms with van der Waals surface area (Å²) in [7, 11) is 0. The van der Waals surface area contributed by atoms with Gasteiger partial charge in [-0.2, -0.15) is 10.1 Å². The Kier molecular flexibility index (Phi) is 4.42. The van der Waals surface area contributed by atoms with E-state index < -0.39 is 21.5 Å². The third-order valence-electron chi connectivity index (χ3n) is 4.18. The van der Waals surface area contributed by atoms with Crippen molar-refractivity contribution in [1.82, 2.24) is 5.01 Å². The first-order valence-corrected chi connectivity index (χ1v) is 7.83. The van der Waals surface area contributed by atoms with Crippen molar-refractivity contribution in [2.75, 3.05) is 0 Å². The molecular formula is C17H14N4O6. The van der Waals surface area contributed by atoms with Crippen LogP contribution < -0.4 is 0 Å². The van der Waals surface area contributed by atoms with E-state index >= 15 is 0 Å². The number of nitrogens with zero attached hydrogens (tertiary/aromatic N) is 4. The van der Waals surface area contributed by atoms with Gasteiger partial charge in [0.15, 0.2) is 5.72 Å². The summed E-state index contributed by atoms with van der Waals surface area (Å²) in [4.78, 5) is 33.2. The van der Waals surface area contributed by atoms with Crippen molar-refractivity contribution in [2.24, 2.45) is 5.10 Å². The number of benzene rings is 2. The second-order valence-electron chi connectivity index (χ2n) is 6.05. The first-order chi connectivity index (χ1) is 12.7. The Balaban J connectivity index is 1.95. The Bertz CT molecular complexity index is 954. The van der Waals surface area contributed by atoms with Crippen molar-refractivity contribution in [3.63, 3.8) is 0 Å². The van der Waals surface area contributed by atoms with Gasteiger partial charge in [0, 0.05) is 47.5 Å². The van der Waals surface area contributed by atoms with E-state index in [0.29, 0.717) is 5.71 Å². The van der Waals surface area contributed by atoms with Gasteiger partial charge in [-0.25, -0.2) is 0 Å². The van der Waals surface area contributed by atoms with Gasteiger partial charge in [0.1, 0.15) is 0 Å². The third kappa shape index (κ3) is 3.25. The van der Waals surface area contributed by atoms with Gasteiger partial charge in [0.2, 0.25) is 0 Å². The Morgan fingerprint density at radius 2 is 1.52 bits per heavy atom. The molecule has 0 aromatic heterocycles. The topological polar surface area (TPSA) is 139 Å². The lowest BCUT2D eigenvalue weighted by atomic mass is 9.97. The molecule has 2 aromatic rings. The number of amides is 1. The SMILES string of the molecule is CC1=NN(C(=O)c2ccc([N+](=O)[O-])cc2)[C@@](O)(c2ccc([N+](=O)[O-])cc2)C1. The van der Waals surface area contributed by atoms with Gasteiger partial charge in [-0.1, -0.05) is 0 Å². The van der Waals surface area contributed by atoms with Crippen LogP contribution in [0, 0.1) is 20.2 Å². The Labute approximate surface area is 152 Å². The van der Waals surface area contributed by atoms with Gasteiger partial charge < -0.3 is 5.11 Å². The Hall–Kier alpha value is -3.66. The highest BCUT2D eigenvalue weighted by Crippen LogP contribution is 2.37. The van der Waals surface area contributed by atoms with Gasteiger partial charge in [0.05, 0.1) is 9.85 Å². The van der Waals surface area contributed by atoms with E-state index in [4.69, 9.17) is 0 Å². The maximum atomic E-state index is 12.8. The van der Waals surface area contributed by atoms with E-state index in [0.717, 1.165) is 5.01 Å². The average Bonchev–Trinajstić information content (AvgIpc) is 2.96. The number of rotatable bonds is 4. The standard InChI is InChI=1S/C17H14N4O6/c1-11-10-17(23,13-4-8-15(9-5-13)21(26)27)19(18-11)16(22)12-2-6-14(7-3-12)20(24)25/h2-9,23H,10H2,1H3/t17-/m0/s1. The molecule has 0 aliphatic carbocycles. The zero-order valence-corrected chi connectivity index (χ0v) is 14.1. The van der Waals surface area contributed by atoms with Crippen LogP contribution in [0.1, 0.15) is 29.3 Å². The highest BCUT2D eigenvalue weighted by atomic mass is 16.6. The van der Waals surface area contributed by atoms with E-state index in [1.807, 2.05) is 0 Å². The van der Waals surface area contributed by atoms with Crippen LogP contribution in [0.25, 0.3) is 0 Å². The molecule has 0 bridgehead atoms. The first-order valence-electron chi connectivity index (χ1n) is 7.83. The summed E-state index contributed by atoms with van der Waals surface area (Å²) in [5, 5.41) is 37.6. The molecule has 0 spiro atoms. The van der Waals surface area contributed by atoms with Crippen molar-refractivity contribution in [2.45, 2.75) is 19.1 Å².